The van der Waals surface area contributed by atoms with Gasteiger partial charge in [-0.25, -0.2) is 0 Å². The summed E-state index contributed by atoms with van der Waals surface area (Å²) in [4.78, 5) is 50.5. The highest BCUT2D eigenvalue weighted by molar-refractivity contribution is 6.23. The molecular formula is C22H26N4O5. The number of anilines is 1. The molecule has 9 heteroatoms. The zero-order valence-corrected chi connectivity index (χ0v) is 17.4. The molecule has 31 heavy (non-hydrogen) atoms. The molecule has 1 aliphatic carbocycles. The number of benzene rings is 1. The Morgan fingerprint density at radius 3 is 2.55 bits per heavy atom. The molecule has 3 atom stereocenters. The average molecular weight is 426 g/mol. The molecular weight excluding hydrogens is 400 g/mol. The monoisotopic (exact) mass is 426 g/mol. The third-order valence-electron chi connectivity index (χ3n) is 7.38. The summed E-state index contributed by atoms with van der Waals surface area (Å²) in [5, 5.41) is 9.18. The first kappa shape index (κ1) is 20.1. The highest BCUT2D eigenvalue weighted by Gasteiger charge is 2.55. The van der Waals surface area contributed by atoms with Crippen molar-refractivity contribution in [3.05, 3.63) is 29.3 Å². The first-order chi connectivity index (χ1) is 14.9. The summed E-state index contributed by atoms with van der Waals surface area (Å²) in [6.45, 7) is 1.91. The quantitative estimate of drug-likeness (QED) is 0.606. The van der Waals surface area contributed by atoms with Gasteiger partial charge >= 0.3 is 0 Å². The molecule has 164 valence electrons. The maximum absolute atomic E-state index is 13.0. The molecule has 3 heterocycles. The highest BCUT2D eigenvalue weighted by atomic mass is 16.5. The Hall–Kier alpha value is -2.78. The van der Waals surface area contributed by atoms with Gasteiger partial charge in [0.2, 0.25) is 11.8 Å². The van der Waals surface area contributed by atoms with E-state index in [0.29, 0.717) is 11.1 Å². The fraction of sp³-hybridized carbons (Fsp3) is 0.545. The van der Waals surface area contributed by atoms with Crippen molar-refractivity contribution in [2.24, 2.45) is 5.41 Å². The van der Waals surface area contributed by atoms with Gasteiger partial charge in [-0.05, 0) is 57.0 Å². The number of piperidine rings is 2. The van der Waals surface area contributed by atoms with E-state index in [1.165, 1.54) is 0 Å². The van der Waals surface area contributed by atoms with Gasteiger partial charge in [0, 0.05) is 30.7 Å². The van der Waals surface area contributed by atoms with Crippen molar-refractivity contribution >= 4 is 29.3 Å². The van der Waals surface area contributed by atoms with Crippen LogP contribution in [0.15, 0.2) is 18.2 Å². The van der Waals surface area contributed by atoms with Gasteiger partial charge in [-0.15, -0.1) is 0 Å². The molecule has 1 aromatic rings. The van der Waals surface area contributed by atoms with Crippen LogP contribution >= 0.6 is 0 Å². The van der Waals surface area contributed by atoms with E-state index in [9.17, 15) is 19.2 Å². The molecule has 3 N–H and O–H groups in total. The zero-order valence-electron chi connectivity index (χ0n) is 17.4. The van der Waals surface area contributed by atoms with Gasteiger partial charge in [0.15, 0.2) is 0 Å². The minimum atomic E-state index is -0.950. The predicted octanol–water partition coefficient (Wildman–Crippen LogP) is 0.657. The first-order valence-electron chi connectivity index (χ1n) is 10.8. The number of ether oxygens (including phenoxy) is 1. The van der Waals surface area contributed by atoms with Crippen molar-refractivity contribution in [2.45, 2.75) is 50.3 Å². The SMILES string of the molecule is COC1CC(Nc2ccc3c(c2)C(=O)N(C2CCC(=O)NC2=O)C3=O)C12CCNCC2. The maximum atomic E-state index is 13.0. The molecule has 2 saturated heterocycles. The van der Waals surface area contributed by atoms with Crippen molar-refractivity contribution in [1.29, 1.82) is 0 Å². The van der Waals surface area contributed by atoms with E-state index in [1.54, 1.807) is 19.2 Å². The number of fused-ring (bicyclic) bond motifs is 1. The molecule has 3 unspecified atom stereocenters. The fourth-order valence-electron chi connectivity index (χ4n) is 5.61. The van der Waals surface area contributed by atoms with Gasteiger partial charge in [0.25, 0.3) is 11.8 Å². The standard InChI is InChI=1S/C22H26N4O5/c1-31-17-11-16(22(17)6-8-23-9-7-22)24-12-2-3-13-14(10-12)21(30)26(20(13)29)15-4-5-18(27)25-19(15)28/h2-3,10,15-17,23-24H,4-9,11H2,1H3,(H,25,27,28). The molecule has 0 bridgehead atoms. The van der Waals surface area contributed by atoms with E-state index in [-0.39, 0.29) is 36.3 Å². The van der Waals surface area contributed by atoms with Gasteiger partial charge in [0.1, 0.15) is 6.04 Å². The normalized spacial score (nSPS) is 29.6. The van der Waals surface area contributed by atoms with Gasteiger partial charge in [-0.2, -0.15) is 0 Å². The Balaban J connectivity index is 1.36. The van der Waals surface area contributed by atoms with Crippen LogP contribution in [0.5, 0.6) is 0 Å². The lowest BCUT2D eigenvalue weighted by atomic mass is 9.57. The smallest absolute Gasteiger partial charge is 0.262 e. The summed E-state index contributed by atoms with van der Waals surface area (Å²) in [7, 11) is 1.76. The summed E-state index contributed by atoms with van der Waals surface area (Å²) in [5.74, 6) is -1.96. The van der Waals surface area contributed by atoms with Crippen molar-refractivity contribution in [3.63, 3.8) is 0 Å². The van der Waals surface area contributed by atoms with Crippen LogP contribution in [0.25, 0.3) is 0 Å². The molecule has 1 spiro atoms. The van der Waals surface area contributed by atoms with E-state index >= 15 is 0 Å². The second-order valence-corrected chi connectivity index (χ2v) is 8.85. The van der Waals surface area contributed by atoms with Gasteiger partial charge < -0.3 is 15.4 Å². The lowest BCUT2D eigenvalue weighted by Crippen LogP contribution is -2.64. The second kappa shape index (κ2) is 7.42. The van der Waals surface area contributed by atoms with Crippen LogP contribution in [0, 0.1) is 5.41 Å². The van der Waals surface area contributed by atoms with Crippen LogP contribution < -0.4 is 16.0 Å². The third-order valence-corrected chi connectivity index (χ3v) is 7.38. The van der Waals surface area contributed by atoms with Crippen molar-refractivity contribution in [2.75, 3.05) is 25.5 Å². The largest absolute Gasteiger partial charge is 0.382 e. The molecule has 9 nitrogen and oxygen atoms in total. The van der Waals surface area contributed by atoms with Crippen molar-refractivity contribution in [3.8, 4) is 0 Å². The first-order valence-corrected chi connectivity index (χ1v) is 10.8. The van der Waals surface area contributed by atoms with Crippen molar-refractivity contribution < 1.29 is 23.9 Å². The number of nitrogens with one attached hydrogen (secondary N) is 3. The number of methoxy groups -OCH3 is 1. The molecule has 4 aliphatic rings. The van der Waals surface area contributed by atoms with Gasteiger partial charge in [-0.3, -0.25) is 29.4 Å². The Labute approximate surface area is 179 Å². The Bertz CT molecular complexity index is 971. The molecule has 4 amide bonds. The number of carbonyl (C=O) groups is 4. The Kier molecular flexibility index (Phi) is 4.82. The molecule has 1 saturated carbocycles. The number of hydrogen-bond acceptors (Lipinski definition) is 7. The van der Waals surface area contributed by atoms with E-state index in [1.807, 2.05) is 6.07 Å². The minimum Gasteiger partial charge on any atom is -0.382 e. The predicted molar refractivity (Wildman–Crippen MR) is 110 cm³/mol. The third kappa shape index (κ3) is 3.06. The number of carbonyl (C=O) groups excluding carboxylic acids is 4. The summed E-state index contributed by atoms with van der Waals surface area (Å²) in [6, 6.07) is 4.44. The summed E-state index contributed by atoms with van der Waals surface area (Å²) in [5.41, 5.74) is 1.43. The van der Waals surface area contributed by atoms with E-state index in [2.05, 4.69) is 16.0 Å². The Morgan fingerprint density at radius 1 is 1.10 bits per heavy atom. The van der Waals surface area contributed by atoms with Crippen LogP contribution in [0.4, 0.5) is 5.69 Å². The van der Waals surface area contributed by atoms with Crippen LogP contribution in [0.1, 0.15) is 52.8 Å². The molecule has 3 fully saturated rings. The number of rotatable bonds is 4. The molecule has 1 aromatic carbocycles. The van der Waals surface area contributed by atoms with Crippen LogP contribution in [0.2, 0.25) is 0 Å². The maximum Gasteiger partial charge on any atom is 0.262 e. The van der Waals surface area contributed by atoms with Gasteiger partial charge in [0.05, 0.1) is 17.2 Å². The number of hydrogen-bond donors (Lipinski definition) is 3. The summed E-state index contributed by atoms with van der Waals surface area (Å²) >= 11 is 0. The molecule has 5 rings (SSSR count). The Morgan fingerprint density at radius 2 is 1.84 bits per heavy atom. The molecule has 0 radical (unpaired) electrons. The van der Waals surface area contributed by atoms with E-state index in [4.69, 9.17) is 4.74 Å². The zero-order chi connectivity index (χ0) is 21.8. The van der Waals surface area contributed by atoms with Crippen LogP contribution in [0.3, 0.4) is 0 Å². The van der Waals surface area contributed by atoms with Crippen molar-refractivity contribution in [1.82, 2.24) is 15.5 Å². The van der Waals surface area contributed by atoms with E-state index < -0.39 is 23.8 Å². The second-order valence-electron chi connectivity index (χ2n) is 8.85. The average Bonchev–Trinajstić information content (AvgIpc) is 3.01. The highest BCUT2D eigenvalue weighted by Crippen LogP contribution is 2.51. The van der Waals surface area contributed by atoms with E-state index in [0.717, 1.165) is 42.9 Å². The van der Waals surface area contributed by atoms with Gasteiger partial charge in [-0.1, -0.05) is 0 Å². The topological polar surface area (TPSA) is 117 Å². The number of imide groups is 2. The minimum absolute atomic E-state index is 0.0671. The number of amides is 4. The van der Waals surface area contributed by atoms with Crippen LogP contribution in [-0.2, 0) is 14.3 Å². The fourth-order valence-corrected chi connectivity index (χ4v) is 5.61. The molecule has 3 aliphatic heterocycles. The lowest BCUT2D eigenvalue weighted by Gasteiger charge is -2.57. The number of nitrogens with zero attached hydrogens (tertiary/aromatic N) is 1. The summed E-state index contributed by atoms with van der Waals surface area (Å²) < 4.78 is 5.72. The lowest BCUT2D eigenvalue weighted by molar-refractivity contribution is -0.136. The summed E-state index contributed by atoms with van der Waals surface area (Å²) in [6.07, 6.45) is 3.41. The molecule has 0 aromatic heterocycles. The van der Waals surface area contributed by atoms with Crippen LogP contribution in [-0.4, -0.2) is 66.9 Å².